The first-order valence-electron chi connectivity index (χ1n) is 7.47. The zero-order valence-electron chi connectivity index (χ0n) is 13.5. The zero-order valence-corrected chi connectivity index (χ0v) is 15.1. The van der Waals surface area contributed by atoms with E-state index in [1.165, 1.54) is 11.3 Å². The SMILES string of the molecule is CCOC(=O)c1ccc2c(c1)sc(=NC(=O)CC)n2CCSC. The van der Waals surface area contributed by atoms with E-state index in [2.05, 4.69) is 4.99 Å². The Labute approximate surface area is 143 Å². The molecule has 2 rings (SSSR count). The highest BCUT2D eigenvalue weighted by Crippen LogP contribution is 2.20. The second-order valence-electron chi connectivity index (χ2n) is 4.79. The summed E-state index contributed by atoms with van der Waals surface area (Å²) >= 11 is 3.17. The van der Waals surface area contributed by atoms with E-state index in [0.717, 1.165) is 22.5 Å². The standard InChI is InChI=1S/C16H20N2O3S2/c1-4-14(19)17-16-18(8-9-22-3)12-7-6-11(10-13(12)23-16)15(20)21-5-2/h6-7,10H,4-5,8-9H2,1-3H3. The van der Waals surface area contributed by atoms with Crippen LogP contribution in [0, 0.1) is 0 Å². The molecule has 0 radical (unpaired) electrons. The van der Waals surface area contributed by atoms with Crippen molar-refractivity contribution in [2.24, 2.45) is 4.99 Å². The number of aromatic nitrogens is 1. The van der Waals surface area contributed by atoms with Gasteiger partial charge in [-0.15, -0.1) is 0 Å². The number of aryl methyl sites for hydroxylation is 1. The summed E-state index contributed by atoms with van der Waals surface area (Å²) in [6.07, 6.45) is 2.42. The number of carbonyl (C=O) groups is 2. The van der Waals surface area contributed by atoms with Crippen molar-refractivity contribution in [3.63, 3.8) is 0 Å². The monoisotopic (exact) mass is 352 g/mol. The molecule has 0 spiro atoms. The molecule has 124 valence electrons. The topological polar surface area (TPSA) is 60.7 Å². The Morgan fingerprint density at radius 1 is 1.35 bits per heavy atom. The van der Waals surface area contributed by atoms with Gasteiger partial charge in [0.2, 0.25) is 5.91 Å². The Kier molecular flexibility index (Phi) is 6.41. The maximum Gasteiger partial charge on any atom is 0.338 e. The fourth-order valence-electron chi connectivity index (χ4n) is 2.08. The van der Waals surface area contributed by atoms with Crippen LogP contribution in [-0.4, -0.2) is 35.1 Å². The summed E-state index contributed by atoms with van der Waals surface area (Å²) in [5.74, 6) is 0.459. The van der Waals surface area contributed by atoms with E-state index in [9.17, 15) is 9.59 Å². The molecule has 0 N–H and O–H groups in total. The summed E-state index contributed by atoms with van der Waals surface area (Å²) in [7, 11) is 0. The van der Waals surface area contributed by atoms with Crippen molar-refractivity contribution in [2.75, 3.05) is 18.6 Å². The summed E-state index contributed by atoms with van der Waals surface area (Å²) < 4.78 is 8.01. The number of thioether (sulfide) groups is 1. The minimum atomic E-state index is -0.332. The second kappa shape index (κ2) is 8.31. The number of hydrogen-bond acceptors (Lipinski definition) is 5. The van der Waals surface area contributed by atoms with Gasteiger partial charge < -0.3 is 9.30 Å². The fourth-order valence-corrected chi connectivity index (χ4v) is 3.56. The number of rotatable bonds is 6. The van der Waals surface area contributed by atoms with Crippen LogP contribution in [0.5, 0.6) is 0 Å². The maximum absolute atomic E-state index is 11.9. The van der Waals surface area contributed by atoms with Crippen LogP contribution in [0.3, 0.4) is 0 Å². The minimum absolute atomic E-state index is 0.139. The summed E-state index contributed by atoms with van der Waals surface area (Å²) in [4.78, 5) is 28.4. The quantitative estimate of drug-likeness (QED) is 0.750. The molecule has 23 heavy (non-hydrogen) atoms. The zero-order chi connectivity index (χ0) is 16.8. The number of carbonyl (C=O) groups excluding carboxylic acids is 2. The molecule has 1 heterocycles. The van der Waals surface area contributed by atoms with Crippen molar-refractivity contribution in [1.29, 1.82) is 0 Å². The van der Waals surface area contributed by atoms with E-state index in [1.807, 2.05) is 23.0 Å². The number of esters is 1. The average Bonchev–Trinajstić information content (AvgIpc) is 2.89. The Balaban J connectivity index is 2.54. The van der Waals surface area contributed by atoms with Crippen molar-refractivity contribution in [2.45, 2.75) is 26.8 Å². The lowest BCUT2D eigenvalue weighted by Gasteiger charge is -2.05. The van der Waals surface area contributed by atoms with Crippen molar-refractivity contribution in [3.8, 4) is 0 Å². The highest BCUT2D eigenvalue weighted by Gasteiger charge is 2.12. The molecule has 0 bridgehead atoms. The van der Waals surface area contributed by atoms with Crippen molar-refractivity contribution >= 4 is 45.2 Å². The molecule has 0 saturated carbocycles. The molecule has 1 aromatic carbocycles. The van der Waals surface area contributed by atoms with Gasteiger partial charge in [-0.3, -0.25) is 4.79 Å². The third kappa shape index (κ3) is 4.23. The Morgan fingerprint density at radius 2 is 2.13 bits per heavy atom. The van der Waals surface area contributed by atoms with Gasteiger partial charge in [0.1, 0.15) is 0 Å². The van der Waals surface area contributed by atoms with Gasteiger partial charge in [0.25, 0.3) is 0 Å². The summed E-state index contributed by atoms with van der Waals surface area (Å²) in [5.41, 5.74) is 1.51. The highest BCUT2D eigenvalue weighted by molar-refractivity contribution is 7.98. The summed E-state index contributed by atoms with van der Waals surface area (Å²) in [6.45, 7) is 4.70. The molecule has 5 nitrogen and oxygen atoms in total. The number of amides is 1. The van der Waals surface area contributed by atoms with E-state index in [1.54, 1.807) is 31.7 Å². The Hall–Kier alpha value is -1.60. The van der Waals surface area contributed by atoms with Crippen LogP contribution in [0.1, 0.15) is 30.6 Å². The van der Waals surface area contributed by atoms with Crippen LogP contribution < -0.4 is 4.80 Å². The van der Waals surface area contributed by atoms with E-state index in [4.69, 9.17) is 4.74 Å². The smallest absolute Gasteiger partial charge is 0.338 e. The molecular formula is C16H20N2O3S2. The van der Waals surface area contributed by atoms with Crippen molar-refractivity contribution < 1.29 is 14.3 Å². The number of thiazole rings is 1. The molecule has 0 aliphatic rings. The van der Waals surface area contributed by atoms with Gasteiger partial charge in [-0.05, 0) is 31.4 Å². The van der Waals surface area contributed by atoms with Gasteiger partial charge in [0, 0.05) is 18.7 Å². The Morgan fingerprint density at radius 3 is 2.78 bits per heavy atom. The van der Waals surface area contributed by atoms with E-state index in [0.29, 0.717) is 23.4 Å². The molecule has 7 heteroatoms. The van der Waals surface area contributed by atoms with E-state index >= 15 is 0 Å². The molecule has 0 saturated heterocycles. The molecule has 1 amide bonds. The molecule has 0 fully saturated rings. The first kappa shape index (κ1) is 17.7. The van der Waals surface area contributed by atoms with Gasteiger partial charge in [0.05, 0.1) is 22.4 Å². The number of benzene rings is 1. The molecule has 0 atom stereocenters. The summed E-state index contributed by atoms with van der Waals surface area (Å²) in [6, 6.07) is 5.46. The molecule has 0 aliphatic heterocycles. The number of hydrogen-bond donors (Lipinski definition) is 0. The molecule has 2 aromatic rings. The van der Waals surface area contributed by atoms with Gasteiger partial charge in [-0.25, -0.2) is 4.79 Å². The van der Waals surface area contributed by atoms with Crippen LogP contribution in [-0.2, 0) is 16.1 Å². The predicted octanol–water partition coefficient (Wildman–Crippen LogP) is 3.08. The third-order valence-corrected chi connectivity index (χ3v) is 4.87. The Bertz CT molecular complexity index is 777. The first-order valence-corrected chi connectivity index (χ1v) is 9.68. The van der Waals surface area contributed by atoms with Crippen LogP contribution in [0.4, 0.5) is 0 Å². The third-order valence-electron chi connectivity index (χ3n) is 3.24. The molecule has 0 aliphatic carbocycles. The lowest BCUT2D eigenvalue weighted by molar-refractivity contribution is -0.117. The first-order chi connectivity index (χ1) is 11.1. The lowest BCUT2D eigenvalue weighted by atomic mass is 10.2. The second-order valence-corrected chi connectivity index (χ2v) is 6.79. The van der Waals surface area contributed by atoms with Crippen molar-refractivity contribution in [1.82, 2.24) is 4.57 Å². The molecule has 1 aromatic heterocycles. The fraction of sp³-hybridized carbons (Fsp3) is 0.438. The largest absolute Gasteiger partial charge is 0.462 e. The maximum atomic E-state index is 11.9. The predicted molar refractivity (Wildman–Crippen MR) is 95.0 cm³/mol. The molecule has 0 unspecified atom stereocenters. The van der Waals surface area contributed by atoms with Crippen molar-refractivity contribution in [3.05, 3.63) is 28.6 Å². The normalized spacial score (nSPS) is 11.9. The van der Waals surface area contributed by atoms with Crippen LogP contribution in [0.2, 0.25) is 0 Å². The van der Waals surface area contributed by atoms with E-state index < -0.39 is 0 Å². The van der Waals surface area contributed by atoms with Crippen LogP contribution in [0.15, 0.2) is 23.2 Å². The number of nitrogens with zero attached hydrogens (tertiary/aromatic N) is 2. The van der Waals surface area contributed by atoms with Gasteiger partial charge in [0.15, 0.2) is 4.80 Å². The van der Waals surface area contributed by atoms with E-state index in [-0.39, 0.29) is 11.9 Å². The molecular weight excluding hydrogens is 332 g/mol. The lowest BCUT2D eigenvalue weighted by Crippen LogP contribution is -2.17. The number of fused-ring (bicyclic) bond motifs is 1. The summed E-state index contributed by atoms with van der Waals surface area (Å²) in [5, 5.41) is 0. The average molecular weight is 352 g/mol. The van der Waals surface area contributed by atoms with Gasteiger partial charge in [-0.2, -0.15) is 16.8 Å². The minimum Gasteiger partial charge on any atom is -0.462 e. The number of ether oxygens (including phenoxy) is 1. The highest BCUT2D eigenvalue weighted by atomic mass is 32.2. The van der Waals surface area contributed by atoms with Gasteiger partial charge >= 0.3 is 5.97 Å². The van der Waals surface area contributed by atoms with Crippen LogP contribution >= 0.6 is 23.1 Å². The van der Waals surface area contributed by atoms with Crippen LogP contribution in [0.25, 0.3) is 10.2 Å². The van der Waals surface area contributed by atoms with Gasteiger partial charge in [-0.1, -0.05) is 18.3 Å².